The molecule has 0 bridgehead atoms. The van der Waals surface area contributed by atoms with Crippen LogP contribution in [0.2, 0.25) is 0 Å². The number of hydrogen-bond donors (Lipinski definition) is 1. The summed E-state index contributed by atoms with van der Waals surface area (Å²) in [7, 11) is 1.61. The normalized spacial score (nSPS) is 12.2. The number of amides is 1. The predicted molar refractivity (Wildman–Crippen MR) is 72.4 cm³/mol. The lowest BCUT2D eigenvalue weighted by atomic mass is 10.2. The smallest absolute Gasteiger partial charge is 0.223 e. The molecule has 0 spiro atoms. The molecule has 0 aromatic carbocycles. The van der Waals surface area contributed by atoms with E-state index in [4.69, 9.17) is 4.74 Å². The van der Waals surface area contributed by atoms with Crippen molar-refractivity contribution in [3.05, 3.63) is 30.1 Å². The van der Waals surface area contributed by atoms with E-state index in [9.17, 15) is 9.90 Å². The summed E-state index contributed by atoms with van der Waals surface area (Å²) < 4.78 is 5.02. The van der Waals surface area contributed by atoms with Gasteiger partial charge < -0.3 is 14.7 Å². The highest BCUT2D eigenvalue weighted by atomic mass is 16.5. The van der Waals surface area contributed by atoms with Crippen LogP contribution in [0.5, 0.6) is 0 Å². The number of hydrogen-bond acceptors (Lipinski definition) is 4. The number of nitrogens with zero attached hydrogens (tertiary/aromatic N) is 2. The molecule has 1 amide bonds. The Morgan fingerprint density at radius 2 is 2.32 bits per heavy atom. The van der Waals surface area contributed by atoms with E-state index < -0.39 is 6.10 Å². The van der Waals surface area contributed by atoms with Gasteiger partial charge in [0.25, 0.3) is 0 Å². The first-order valence-electron chi connectivity index (χ1n) is 6.48. The highest BCUT2D eigenvalue weighted by Crippen LogP contribution is 2.06. The summed E-state index contributed by atoms with van der Waals surface area (Å²) in [4.78, 5) is 18.0. The molecule has 0 aliphatic rings. The van der Waals surface area contributed by atoms with Gasteiger partial charge in [-0.2, -0.15) is 0 Å². The second-order valence-corrected chi connectivity index (χ2v) is 4.52. The fourth-order valence-electron chi connectivity index (χ4n) is 1.67. The number of rotatable bonds is 8. The Kier molecular flexibility index (Phi) is 7.07. The van der Waals surface area contributed by atoms with Crippen LogP contribution in [0.1, 0.15) is 25.5 Å². The highest BCUT2D eigenvalue weighted by molar-refractivity contribution is 5.76. The minimum Gasteiger partial charge on any atom is -0.393 e. The molecule has 1 aromatic heterocycles. The molecule has 1 unspecified atom stereocenters. The van der Waals surface area contributed by atoms with Gasteiger partial charge in [-0.3, -0.25) is 9.78 Å². The SMILES string of the molecule is COCCN(Cc1ccccn1)C(=O)CCC(C)O. The van der Waals surface area contributed by atoms with Crippen LogP contribution in [0, 0.1) is 0 Å². The van der Waals surface area contributed by atoms with E-state index in [1.54, 1.807) is 25.1 Å². The van der Waals surface area contributed by atoms with Crippen LogP contribution in [0.15, 0.2) is 24.4 Å². The van der Waals surface area contributed by atoms with Crippen LogP contribution in [0.3, 0.4) is 0 Å². The van der Waals surface area contributed by atoms with Crippen molar-refractivity contribution in [1.29, 1.82) is 0 Å². The number of pyridine rings is 1. The van der Waals surface area contributed by atoms with E-state index in [2.05, 4.69) is 4.98 Å². The summed E-state index contributed by atoms with van der Waals surface area (Å²) in [6.07, 6.45) is 2.08. The molecular weight excluding hydrogens is 244 g/mol. The summed E-state index contributed by atoms with van der Waals surface area (Å²) in [6, 6.07) is 5.64. The predicted octanol–water partition coefficient (Wildman–Crippen LogP) is 1.22. The fourth-order valence-corrected chi connectivity index (χ4v) is 1.67. The molecule has 5 heteroatoms. The topological polar surface area (TPSA) is 62.7 Å². The number of aliphatic hydroxyl groups excluding tert-OH is 1. The van der Waals surface area contributed by atoms with Crippen molar-refractivity contribution in [2.24, 2.45) is 0 Å². The minimum absolute atomic E-state index is 0.0172. The summed E-state index contributed by atoms with van der Waals surface area (Å²) in [5.41, 5.74) is 0.851. The number of aliphatic hydroxyl groups is 1. The molecule has 0 radical (unpaired) electrons. The molecule has 0 fully saturated rings. The maximum Gasteiger partial charge on any atom is 0.223 e. The van der Waals surface area contributed by atoms with Crippen LogP contribution in [-0.4, -0.2) is 47.3 Å². The number of ether oxygens (including phenoxy) is 1. The van der Waals surface area contributed by atoms with Crippen LogP contribution >= 0.6 is 0 Å². The van der Waals surface area contributed by atoms with Crippen molar-refractivity contribution < 1.29 is 14.6 Å². The van der Waals surface area contributed by atoms with Crippen LogP contribution in [-0.2, 0) is 16.1 Å². The summed E-state index contributed by atoms with van der Waals surface area (Å²) in [6.45, 7) is 3.19. The first kappa shape index (κ1) is 15.6. The zero-order chi connectivity index (χ0) is 14.1. The average molecular weight is 266 g/mol. The van der Waals surface area contributed by atoms with Gasteiger partial charge in [-0.1, -0.05) is 6.07 Å². The van der Waals surface area contributed by atoms with Crippen molar-refractivity contribution in [2.75, 3.05) is 20.3 Å². The Hall–Kier alpha value is -1.46. The van der Waals surface area contributed by atoms with E-state index in [1.807, 2.05) is 18.2 Å². The molecule has 0 aliphatic heterocycles. The van der Waals surface area contributed by atoms with Gasteiger partial charge in [-0.05, 0) is 25.5 Å². The van der Waals surface area contributed by atoms with Gasteiger partial charge in [-0.25, -0.2) is 0 Å². The van der Waals surface area contributed by atoms with Crippen molar-refractivity contribution >= 4 is 5.91 Å². The molecular formula is C14H22N2O3. The standard InChI is InChI=1S/C14H22N2O3/c1-12(17)6-7-14(18)16(9-10-19-2)11-13-5-3-4-8-15-13/h3-5,8,12,17H,6-7,9-11H2,1-2H3. The van der Waals surface area contributed by atoms with Gasteiger partial charge in [0.15, 0.2) is 0 Å². The van der Waals surface area contributed by atoms with Gasteiger partial charge in [-0.15, -0.1) is 0 Å². The van der Waals surface area contributed by atoms with E-state index in [-0.39, 0.29) is 5.91 Å². The second kappa shape index (κ2) is 8.61. The third kappa shape index (κ3) is 6.31. The van der Waals surface area contributed by atoms with Crippen LogP contribution < -0.4 is 0 Å². The van der Waals surface area contributed by atoms with Crippen molar-refractivity contribution in [3.63, 3.8) is 0 Å². The number of aromatic nitrogens is 1. The molecule has 106 valence electrons. The van der Waals surface area contributed by atoms with E-state index >= 15 is 0 Å². The lowest BCUT2D eigenvalue weighted by Crippen LogP contribution is -2.34. The summed E-state index contributed by atoms with van der Waals surface area (Å²) in [5, 5.41) is 9.24. The highest BCUT2D eigenvalue weighted by Gasteiger charge is 2.14. The molecule has 0 saturated carbocycles. The van der Waals surface area contributed by atoms with Gasteiger partial charge in [0.05, 0.1) is 24.9 Å². The fraction of sp³-hybridized carbons (Fsp3) is 0.571. The lowest BCUT2D eigenvalue weighted by Gasteiger charge is -2.22. The summed E-state index contributed by atoms with van der Waals surface area (Å²) >= 11 is 0. The van der Waals surface area contributed by atoms with Gasteiger partial charge in [0, 0.05) is 26.3 Å². The molecule has 1 rings (SSSR count). The maximum absolute atomic E-state index is 12.1. The average Bonchev–Trinajstić information content (AvgIpc) is 2.41. The number of carbonyl (C=O) groups excluding carboxylic acids is 1. The minimum atomic E-state index is -0.455. The Bertz CT molecular complexity index is 368. The Morgan fingerprint density at radius 1 is 1.53 bits per heavy atom. The van der Waals surface area contributed by atoms with Crippen molar-refractivity contribution in [2.45, 2.75) is 32.4 Å². The third-order valence-electron chi connectivity index (χ3n) is 2.77. The molecule has 0 aliphatic carbocycles. The van der Waals surface area contributed by atoms with E-state index in [1.165, 1.54) is 0 Å². The first-order valence-corrected chi connectivity index (χ1v) is 6.48. The van der Waals surface area contributed by atoms with E-state index in [0.29, 0.717) is 32.5 Å². The second-order valence-electron chi connectivity index (χ2n) is 4.52. The molecule has 1 N–H and O–H groups in total. The maximum atomic E-state index is 12.1. The first-order chi connectivity index (χ1) is 9.13. The zero-order valence-electron chi connectivity index (χ0n) is 11.6. The third-order valence-corrected chi connectivity index (χ3v) is 2.77. The Labute approximate surface area is 114 Å². The zero-order valence-corrected chi connectivity index (χ0v) is 11.6. The molecule has 0 saturated heterocycles. The van der Waals surface area contributed by atoms with Gasteiger partial charge in [0.1, 0.15) is 0 Å². The van der Waals surface area contributed by atoms with Crippen LogP contribution in [0.25, 0.3) is 0 Å². The van der Waals surface area contributed by atoms with Gasteiger partial charge in [0.2, 0.25) is 5.91 Å². The molecule has 1 atom stereocenters. The number of carbonyl (C=O) groups is 1. The molecule has 19 heavy (non-hydrogen) atoms. The molecule has 1 aromatic rings. The van der Waals surface area contributed by atoms with Crippen molar-refractivity contribution in [1.82, 2.24) is 9.88 Å². The van der Waals surface area contributed by atoms with Gasteiger partial charge >= 0.3 is 0 Å². The van der Waals surface area contributed by atoms with Crippen LogP contribution in [0.4, 0.5) is 0 Å². The Balaban J connectivity index is 2.57. The lowest BCUT2D eigenvalue weighted by molar-refractivity contribution is -0.133. The Morgan fingerprint density at radius 3 is 2.89 bits per heavy atom. The van der Waals surface area contributed by atoms with Crippen molar-refractivity contribution in [3.8, 4) is 0 Å². The van der Waals surface area contributed by atoms with E-state index in [0.717, 1.165) is 5.69 Å². The monoisotopic (exact) mass is 266 g/mol. The quantitative estimate of drug-likeness (QED) is 0.768. The summed E-state index contributed by atoms with van der Waals surface area (Å²) in [5.74, 6) is 0.0172. The number of methoxy groups -OCH3 is 1. The largest absolute Gasteiger partial charge is 0.393 e. The molecule has 1 heterocycles. The molecule has 5 nitrogen and oxygen atoms in total.